The molecule has 0 bridgehead atoms. The lowest BCUT2D eigenvalue weighted by molar-refractivity contribution is 0.0988. The zero-order valence-corrected chi connectivity index (χ0v) is 18.6. The quantitative estimate of drug-likeness (QED) is 0.702. The van der Waals surface area contributed by atoms with Crippen molar-refractivity contribution in [1.29, 1.82) is 0 Å². The van der Waals surface area contributed by atoms with E-state index in [2.05, 4.69) is 14.3 Å². The van der Waals surface area contributed by atoms with Gasteiger partial charge in [0.05, 0.1) is 17.3 Å². The van der Waals surface area contributed by atoms with Gasteiger partial charge in [0.15, 0.2) is 5.78 Å². The molecule has 0 radical (unpaired) electrons. The maximum absolute atomic E-state index is 14.9. The van der Waals surface area contributed by atoms with E-state index >= 15 is 0 Å². The molecule has 31 heavy (non-hydrogen) atoms. The lowest BCUT2D eigenvalue weighted by atomic mass is 9.91. The van der Waals surface area contributed by atoms with Crippen LogP contribution in [0.2, 0.25) is 5.02 Å². The molecule has 3 heterocycles. The molecule has 0 spiro atoms. The van der Waals surface area contributed by atoms with E-state index in [0.29, 0.717) is 23.7 Å². The predicted octanol–water partition coefficient (Wildman–Crippen LogP) is 3.32. The summed E-state index contributed by atoms with van der Waals surface area (Å²) in [6.45, 7) is 2.69. The Bertz CT molecular complexity index is 1180. The van der Waals surface area contributed by atoms with E-state index < -0.39 is 21.3 Å². The van der Waals surface area contributed by atoms with E-state index in [-0.39, 0.29) is 35.2 Å². The van der Waals surface area contributed by atoms with Gasteiger partial charge >= 0.3 is 0 Å². The fraction of sp³-hybridized carbons (Fsp3) is 0.381. The number of carbonyl (C=O) groups is 1. The highest BCUT2D eigenvalue weighted by molar-refractivity contribution is 7.92. The molecule has 0 aliphatic carbocycles. The highest BCUT2D eigenvalue weighted by atomic mass is 35.5. The monoisotopic (exact) mass is 463 g/mol. The Balaban J connectivity index is 1.69. The van der Waals surface area contributed by atoms with Crippen LogP contribution < -0.4 is 5.73 Å². The highest BCUT2D eigenvalue weighted by Gasteiger charge is 2.42. The number of Topliss-reactive ketones (excluding diaryl/α,β-unsaturated/α-hetero) is 1. The maximum atomic E-state index is 14.9. The Kier molecular flexibility index (Phi) is 5.74. The molecule has 2 aromatic rings. The molecule has 2 N–H and O–H groups in total. The van der Waals surface area contributed by atoms with Crippen LogP contribution in [-0.2, 0) is 21.9 Å². The number of fused-ring (bicyclic) bond motifs is 1. The summed E-state index contributed by atoms with van der Waals surface area (Å²) in [6, 6.07) is 7.59. The summed E-state index contributed by atoms with van der Waals surface area (Å²) in [7, 11) is -2.83. The Morgan fingerprint density at radius 1 is 1.32 bits per heavy atom. The highest BCUT2D eigenvalue weighted by Crippen LogP contribution is 2.36. The van der Waals surface area contributed by atoms with E-state index in [1.54, 1.807) is 35.5 Å². The molecule has 1 aromatic carbocycles. The van der Waals surface area contributed by atoms with E-state index in [9.17, 15) is 13.4 Å². The van der Waals surface area contributed by atoms with Gasteiger partial charge in [0, 0.05) is 24.7 Å². The molecule has 2 atom stereocenters. The number of halogens is 2. The van der Waals surface area contributed by atoms with E-state index in [1.165, 1.54) is 12.3 Å². The number of hydrogen-bond donors (Lipinski definition) is 1. The van der Waals surface area contributed by atoms with Gasteiger partial charge in [-0.3, -0.25) is 14.1 Å². The summed E-state index contributed by atoms with van der Waals surface area (Å²) in [6.07, 6.45) is 3.08. The van der Waals surface area contributed by atoms with E-state index in [4.69, 9.17) is 17.3 Å². The molecule has 164 valence electrons. The molecule has 0 amide bonds. The first kappa shape index (κ1) is 21.7. The molecule has 10 heteroatoms. The van der Waals surface area contributed by atoms with Gasteiger partial charge in [-0.25, -0.2) is 18.0 Å². The van der Waals surface area contributed by atoms with Crippen LogP contribution in [0.4, 0.5) is 4.39 Å². The lowest BCUT2D eigenvalue weighted by Crippen LogP contribution is -2.52. The van der Waals surface area contributed by atoms with Crippen LogP contribution >= 0.6 is 11.6 Å². The second kappa shape index (κ2) is 8.20. The largest absolute Gasteiger partial charge is 0.369 e. The van der Waals surface area contributed by atoms with Crippen LogP contribution in [-0.4, -0.2) is 44.1 Å². The topological polar surface area (TPSA) is 101 Å². The van der Waals surface area contributed by atoms with Crippen molar-refractivity contribution in [2.75, 3.05) is 18.8 Å². The second-order valence-electron chi connectivity index (χ2n) is 7.93. The normalized spacial score (nSPS) is 25.8. The molecular weight excluding hydrogens is 441 g/mol. The van der Waals surface area contributed by atoms with Gasteiger partial charge in [0.1, 0.15) is 27.0 Å². The van der Waals surface area contributed by atoms with Gasteiger partial charge in [-0.15, -0.1) is 0 Å². The maximum Gasteiger partial charge on any atom is 0.204 e. The SMILES string of the molecule is C[C@@]1(c2cc(CC(=O)c3ccc(Cl)cn3)ccc2F)C[S@@]2(=O)=NCCCCN2C(N)=N1. The minimum atomic E-state index is -2.83. The van der Waals surface area contributed by atoms with Crippen molar-refractivity contribution in [2.24, 2.45) is 15.1 Å². The van der Waals surface area contributed by atoms with Crippen molar-refractivity contribution < 1.29 is 13.4 Å². The van der Waals surface area contributed by atoms with Crippen molar-refractivity contribution in [3.05, 3.63) is 64.2 Å². The van der Waals surface area contributed by atoms with Crippen LogP contribution in [0.3, 0.4) is 0 Å². The summed E-state index contributed by atoms with van der Waals surface area (Å²) in [5, 5.41) is 0.438. The number of hydrogen-bond acceptors (Lipinski definition) is 6. The molecule has 2 aliphatic rings. The first-order valence-corrected chi connectivity index (χ1v) is 12.0. The first-order chi connectivity index (χ1) is 14.7. The zero-order chi connectivity index (χ0) is 22.2. The molecule has 0 saturated carbocycles. The average molecular weight is 464 g/mol. The molecule has 2 aliphatic heterocycles. The number of nitrogens with two attached hydrogens (primary N) is 1. The summed E-state index contributed by atoms with van der Waals surface area (Å²) < 4.78 is 34.4. The Morgan fingerprint density at radius 3 is 2.87 bits per heavy atom. The minimum absolute atomic E-state index is 0.0308. The average Bonchev–Trinajstić information content (AvgIpc) is 2.91. The van der Waals surface area contributed by atoms with Crippen molar-refractivity contribution in [1.82, 2.24) is 9.29 Å². The molecule has 7 nitrogen and oxygen atoms in total. The number of rotatable bonds is 4. The van der Waals surface area contributed by atoms with Gasteiger partial charge in [0.25, 0.3) is 0 Å². The third kappa shape index (κ3) is 4.29. The van der Waals surface area contributed by atoms with E-state index in [1.807, 2.05) is 0 Å². The van der Waals surface area contributed by atoms with Crippen LogP contribution in [0.5, 0.6) is 0 Å². The molecule has 0 fully saturated rings. The summed E-state index contributed by atoms with van der Waals surface area (Å²) in [5.41, 5.74) is 6.11. The molecule has 1 aromatic heterocycles. The Morgan fingerprint density at radius 2 is 2.13 bits per heavy atom. The molecular formula is C21H23ClFN5O2S. The van der Waals surface area contributed by atoms with E-state index in [0.717, 1.165) is 12.8 Å². The van der Waals surface area contributed by atoms with Gasteiger partial charge in [-0.05, 0) is 49.6 Å². The van der Waals surface area contributed by atoms with Gasteiger partial charge in [0.2, 0.25) is 5.96 Å². The lowest BCUT2D eigenvalue weighted by Gasteiger charge is -2.38. The second-order valence-corrected chi connectivity index (χ2v) is 10.6. The van der Waals surface area contributed by atoms with Crippen LogP contribution in [0.1, 0.15) is 41.4 Å². The smallest absolute Gasteiger partial charge is 0.204 e. The summed E-state index contributed by atoms with van der Waals surface area (Å²) in [5.74, 6) is -0.573. The first-order valence-electron chi connectivity index (χ1n) is 9.97. The van der Waals surface area contributed by atoms with Crippen molar-refractivity contribution in [2.45, 2.75) is 31.7 Å². The fourth-order valence-electron chi connectivity index (χ4n) is 3.93. The van der Waals surface area contributed by atoms with Gasteiger partial charge in [-0.2, -0.15) is 0 Å². The fourth-order valence-corrected chi connectivity index (χ4v) is 6.54. The molecule has 0 unspecified atom stereocenters. The molecule has 0 saturated heterocycles. The number of nitrogens with zero attached hydrogens (tertiary/aromatic N) is 4. The predicted molar refractivity (Wildman–Crippen MR) is 119 cm³/mol. The summed E-state index contributed by atoms with van der Waals surface area (Å²) >= 11 is 5.83. The van der Waals surface area contributed by atoms with Crippen molar-refractivity contribution in [3.63, 3.8) is 0 Å². The Labute approximate surface area is 185 Å². The number of benzene rings is 1. The number of carbonyl (C=O) groups excluding carboxylic acids is 1. The number of guanidine groups is 1. The number of aromatic nitrogens is 1. The summed E-state index contributed by atoms with van der Waals surface area (Å²) in [4.78, 5) is 21.2. The minimum Gasteiger partial charge on any atom is -0.369 e. The zero-order valence-electron chi connectivity index (χ0n) is 17.1. The van der Waals surface area contributed by atoms with Gasteiger partial charge in [-0.1, -0.05) is 17.7 Å². The third-order valence-electron chi connectivity index (χ3n) is 5.48. The third-order valence-corrected chi connectivity index (χ3v) is 8.29. The number of pyridine rings is 1. The van der Waals surface area contributed by atoms with Crippen molar-refractivity contribution >= 4 is 33.3 Å². The standard InChI is InChI=1S/C21H23ClFN5O2S/c1-21(13-31(30)26-8-2-3-9-28(31)20(24)27-21)16-10-14(4-6-17(16)23)11-19(29)18-7-5-15(22)12-25-18/h4-7,10,12H,2-3,8-9,11,13H2,1H3,(H2,24,27)/t21-,31+/m0/s1. The Hall–Kier alpha value is -2.52. The number of ketones is 1. The van der Waals surface area contributed by atoms with Crippen LogP contribution in [0, 0.1) is 5.82 Å². The number of aliphatic imine (C=N–C) groups is 1. The van der Waals surface area contributed by atoms with Gasteiger partial charge < -0.3 is 5.73 Å². The molecule has 4 rings (SSSR count). The van der Waals surface area contributed by atoms with Crippen LogP contribution in [0.15, 0.2) is 45.9 Å². The van der Waals surface area contributed by atoms with Crippen LogP contribution in [0.25, 0.3) is 0 Å². The van der Waals surface area contributed by atoms with Crippen molar-refractivity contribution in [3.8, 4) is 0 Å².